The topological polar surface area (TPSA) is 52.0 Å². The van der Waals surface area contributed by atoms with Crippen LogP contribution in [-0.2, 0) is 11.3 Å². The second kappa shape index (κ2) is 6.23. The molecule has 0 amide bonds. The highest BCUT2D eigenvalue weighted by molar-refractivity contribution is 5.41. The molecule has 0 spiro atoms. The molecular weight excluding hydrogens is 235 g/mol. The number of para-hydroxylation sites is 1. The Balaban J connectivity index is 2.17. The molecule has 0 saturated heterocycles. The number of rotatable bonds is 6. The predicted molar refractivity (Wildman–Crippen MR) is 64.9 cm³/mol. The Morgan fingerprint density at radius 2 is 2.33 bits per heavy atom. The maximum Gasteiger partial charge on any atom is 0.149 e. The molecule has 1 aromatic heterocycles. The van der Waals surface area contributed by atoms with Crippen molar-refractivity contribution in [3.63, 3.8) is 0 Å². The molecule has 96 valence electrons. The lowest BCUT2D eigenvalue weighted by atomic mass is 10.1. The molecule has 18 heavy (non-hydrogen) atoms. The van der Waals surface area contributed by atoms with Crippen LogP contribution in [0.3, 0.4) is 0 Å². The van der Waals surface area contributed by atoms with Crippen LogP contribution in [0.4, 0.5) is 4.39 Å². The summed E-state index contributed by atoms with van der Waals surface area (Å²) >= 11 is 0. The SMILES string of the molecule is COCCNCc1cccc(F)c1-n1cncn1. The van der Waals surface area contributed by atoms with Crippen molar-refractivity contribution in [3.8, 4) is 5.69 Å². The van der Waals surface area contributed by atoms with Crippen molar-refractivity contribution in [2.24, 2.45) is 0 Å². The molecule has 0 atom stereocenters. The quantitative estimate of drug-likeness (QED) is 0.781. The lowest BCUT2D eigenvalue weighted by Gasteiger charge is -2.11. The van der Waals surface area contributed by atoms with E-state index in [-0.39, 0.29) is 5.82 Å². The molecule has 0 bridgehead atoms. The molecule has 1 N–H and O–H groups in total. The lowest BCUT2D eigenvalue weighted by Crippen LogP contribution is -2.20. The van der Waals surface area contributed by atoms with Crippen LogP contribution in [0.25, 0.3) is 5.69 Å². The van der Waals surface area contributed by atoms with Crippen molar-refractivity contribution in [1.82, 2.24) is 20.1 Å². The van der Waals surface area contributed by atoms with E-state index in [1.54, 1.807) is 13.2 Å². The fraction of sp³-hybridized carbons (Fsp3) is 0.333. The van der Waals surface area contributed by atoms with Gasteiger partial charge in [-0.3, -0.25) is 0 Å². The zero-order valence-corrected chi connectivity index (χ0v) is 10.1. The minimum Gasteiger partial charge on any atom is -0.383 e. The van der Waals surface area contributed by atoms with Crippen LogP contribution >= 0.6 is 0 Å². The first-order chi connectivity index (χ1) is 8.83. The Morgan fingerprint density at radius 3 is 3.06 bits per heavy atom. The molecule has 2 rings (SSSR count). The monoisotopic (exact) mass is 250 g/mol. The first-order valence-electron chi connectivity index (χ1n) is 5.65. The summed E-state index contributed by atoms with van der Waals surface area (Å²) in [7, 11) is 1.64. The first kappa shape index (κ1) is 12.7. The standard InChI is InChI=1S/C12H15FN4O/c1-18-6-5-14-7-10-3-2-4-11(13)12(10)17-9-15-8-16-17/h2-4,8-9,14H,5-7H2,1H3. The average Bonchev–Trinajstić information content (AvgIpc) is 2.88. The largest absolute Gasteiger partial charge is 0.383 e. The second-order valence-corrected chi connectivity index (χ2v) is 3.76. The van der Waals surface area contributed by atoms with Crippen LogP contribution in [0.15, 0.2) is 30.9 Å². The maximum absolute atomic E-state index is 13.8. The van der Waals surface area contributed by atoms with Crippen LogP contribution in [0, 0.1) is 5.82 Å². The molecule has 6 heteroatoms. The van der Waals surface area contributed by atoms with Crippen molar-refractivity contribution < 1.29 is 9.13 Å². The highest BCUT2D eigenvalue weighted by Crippen LogP contribution is 2.17. The van der Waals surface area contributed by atoms with Gasteiger partial charge in [-0.15, -0.1) is 0 Å². The van der Waals surface area contributed by atoms with Gasteiger partial charge >= 0.3 is 0 Å². The second-order valence-electron chi connectivity index (χ2n) is 3.76. The number of hydrogen-bond donors (Lipinski definition) is 1. The van der Waals surface area contributed by atoms with E-state index < -0.39 is 0 Å². The summed E-state index contributed by atoms with van der Waals surface area (Å²) in [4.78, 5) is 3.84. The predicted octanol–water partition coefficient (Wildman–Crippen LogP) is 1.14. The Bertz CT molecular complexity index is 487. The summed E-state index contributed by atoms with van der Waals surface area (Å²) in [5.74, 6) is -0.313. The Hall–Kier alpha value is -1.79. The number of aromatic nitrogens is 3. The molecule has 0 radical (unpaired) electrons. The summed E-state index contributed by atoms with van der Waals surface area (Å²) in [6.45, 7) is 1.88. The summed E-state index contributed by atoms with van der Waals surface area (Å²) < 4.78 is 20.2. The third-order valence-corrected chi connectivity index (χ3v) is 2.52. The molecule has 0 aliphatic rings. The molecule has 5 nitrogen and oxygen atoms in total. The zero-order valence-electron chi connectivity index (χ0n) is 10.1. The van der Waals surface area contributed by atoms with E-state index in [4.69, 9.17) is 4.74 Å². The van der Waals surface area contributed by atoms with E-state index in [0.29, 0.717) is 25.4 Å². The van der Waals surface area contributed by atoms with Crippen molar-refractivity contribution >= 4 is 0 Å². The van der Waals surface area contributed by atoms with E-state index in [1.807, 2.05) is 6.07 Å². The van der Waals surface area contributed by atoms with Crippen LogP contribution in [-0.4, -0.2) is 35.0 Å². The number of nitrogens with zero attached hydrogens (tertiary/aromatic N) is 3. The van der Waals surface area contributed by atoms with E-state index in [9.17, 15) is 4.39 Å². The van der Waals surface area contributed by atoms with Gasteiger partial charge in [0, 0.05) is 20.2 Å². The molecule has 1 aromatic carbocycles. The van der Waals surface area contributed by atoms with Crippen LogP contribution < -0.4 is 5.32 Å². The van der Waals surface area contributed by atoms with Crippen molar-refractivity contribution in [3.05, 3.63) is 42.2 Å². The fourth-order valence-corrected chi connectivity index (χ4v) is 1.68. The summed E-state index contributed by atoms with van der Waals surface area (Å²) in [5, 5.41) is 7.14. The lowest BCUT2D eigenvalue weighted by molar-refractivity contribution is 0.199. The Labute approximate surface area is 105 Å². The molecule has 0 saturated carbocycles. The zero-order chi connectivity index (χ0) is 12.8. The van der Waals surface area contributed by atoms with Gasteiger partial charge in [0.05, 0.1) is 6.61 Å². The Kier molecular flexibility index (Phi) is 4.38. The van der Waals surface area contributed by atoms with E-state index >= 15 is 0 Å². The van der Waals surface area contributed by atoms with Crippen molar-refractivity contribution in [1.29, 1.82) is 0 Å². The minimum atomic E-state index is -0.313. The van der Waals surface area contributed by atoms with Crippen LogP contribution in [0.5, 0.6) is 0 Å². The number of ether oxygens (including phenoxy) is 1. The van der Waals surface area contributed by atoms with Crippen LogP contribution in [0.1, 0.15) is 5.56 Å². The van der Waals surface area contributed by atoms with Gasteiger partial charge in [-0.2, -0.15) is 5.10 Å². The molecule has 0 fully saturated rings. The highest BCUT2D eigenvalue weighted by Gasteiger charge is 2.10. The number of nitrogens with one attached hydrogen (secondary N) is 1. The van der Waals surface area contributed by atoms with Gasteiger partial charge in [0.15, 0.2) is 0 Å². The van der Waals surface area contributed by atoms with Crippen molar-refractivity contribution in [2.75, 3.05) is 20.3 Å². The van der Waals surface area contributed by atoms with Gasteiger partial charge in [-0.1, -0.05) is 12.1 Å². The average molecular weight is 250 g/mol. The van der Waals surface area contributed by atoms with Gasteiger partial charge in [0.1, 0.15) is 24.2 Å². The van der Waals surface area contributed by atoms with Gasteiger partial charge < -0.3 is 10.1 Å². The van der Waals surface area contributed by atoms with E-state index in [1.165, 1.54) is 23.4 Å². The Morgan fingerprint density at radius 1 is 1.44 bits per heavy atom. The first-order valence-corrected chi connectivity index (χ1v) is 5.65. The molecular formula is C12H15FN4O. The molecule has 0 aliphatic carbocycles. The fourth-order valence-electron chi connectivity index (χ4n) is 1.68. The third kappa shape index (κ3) is 2.91. The highest BCUT2D eigenvalue weighted by atomic mass is 19.1. The molecule has 0 unspecified atom stereocenters. The number of hydrogen-bond acceptors (Lipinski definition) is 4. The molecule has 1 heterocycles. The smallest absolute Gasteiger partial charge is 0.149 e. The van der Waals surface area contributed by atoms with Gasteiger partial charge in [0.25, 0.3) is 0 Å². The van der Waals surface area contributed by atoms with Crippen LogP contribution in [0.2, 0.25) is 0 Å². The molecule has 0 aliphatic heterocycles. The van der Waals surface area contributed by atoms with Gasteiger partial charge in [-0.05, 0) is 11.6 Å². The van der Waals surface area contributed by atoms with E-state index in [2.05, 4.69) is 15.4 Å². The number of benzene rings is 1. The summed E-state index contributed by atoms with van der Waals surface area (Å²) in [6, 6.07) is 4.96. The summed E-state index contributed by atoms with van der Waals surface area (Å²) in [6.07, 6.45) is 2.87. The summed E-state index contributed by atoms with van der Waals surface area (Å²) in [5.41, 5.74) is 1.26. The minimum absolute atomic E-state index is 0.313. The normalized spacial score (nSPS) is 10.8. The maximum atomic E-state index is 13.8. The third-order valence-electron chi connectivity index (χ3n) is 2.52. The molecule has 2 aromatic rings. The number of methoxy groups -OCH3 is 1. The van der Waals surface area contributed by atoms with E-state index in [0.717, 1.165) is 5.56 Å². The van der Waals surface area contributed by atoms with Gasteiger partial charge in [0.2, 0.25) is 0 Å². The number of halogens is 1. The van der Waals surface area contributed by atoms with Gasteiger partial charge in [-0.25, -0.2) is 14.1 Å². The van der Waals surface area contributed by atoms with Crippen molar-refractivity contribution in [2.45, 2.75) is 6.54 Å².